The SMILES string of the molecule is CCCCCCCN(C(=O)CNC(=O)OC(C)(C)C)C(C(=O)NC(C)(C)C)c1ccc(C)c(C)c1. The van der Waals surface area contributed by atoms with E-state index in [1.165, 1.54) is 0 Å². The Morgan fingerprint density at radius 1 is 0.943 bits per heavy atom. The van der Waals surface area contributed by atoms with Gasteiger partial charge < -0.3 is 20.3 Å². The van der Waals surface area contributed by atoms with Crippen LogP contribution < -0.4 is 10.6 Å². The summed E-state index contributed by atoms with van der Waals surface area (Å²) < 4.78 is 5.28. The first kappa shape index (κ1) is 30.5. The second-order valence-electron chi connectivity index (χ2n) is 11.3. The lowest BCUT2D eigenvalue weighted by molar-refractivity contribution is -0.141. The van der Waals surface area contributed by atoms with Gasteiger partial charge in [0.2, 0.25) is 11.8 Å². The Labute approximate surface area is 212 Å². The fraction of sp³-hybridized carbons (Fsp3) is 0.679. The van der Waals surface area contributed by atoms with Gasteiger partial charge in [0.25, 0.3) is 0 Å². The zero-order chi connectivity index (χ0) is 26.8. The topological polar surface area (TPSA) is 87.7 Å². The Balaban J connectivity index is 3.26. The number of hydrogen-bond donors (Lipinski definition) is 2. The number of amides is 3. The Hall–Kier alpha value is -2.57. The molecule has 3 amide bonds. The highest BCUT2D eigenvalue weighted by molar-refractivity contribution is 5.90. The van der Waals surface area contributed by atoms with Gasteiger partial charge in [-0.15, -0.1) is 0 Å². The van der Waals surface area contributed by atoms with Crippen molar-refractivity contribution in [1.82, 2.24) is 15.5 Å². The molecule has 198 valence electrons. The molecule has 0 spiro atoms. The minimum Gasteiger partial charge on any atom is -0.444 e. The first-order valence-electron chi connectivity index (χ1n) is 12.8. The normalized spacial score (nSPS) is 12.6. The molecule has 0 saturated carbocycles. The summed E-state index contributed by atoms with van der Waals surface area (Å²) in [5.74, 6) is -0.557. The maximum Gasteiger partial charge on any atom is 0.408 e. The van der Waals surface area contributed by atoms with E-state index in [2.05, 4.69) is 17.6 Å². The van der Waals surface area contributed by atoms with Crippen LogP contribution in [0.3, 0.4) is 0 Å². The van der Waals surface area contributed by atoms with Gasteiger partial charge in [0.1, 0.15) is 18.2 Å². The van der Waals surface area contributed by atoms with E-state index in [1.54, 1.807) is 25.7 Å². The van der Waals surface area contributed by atoms with E-state index < -0.39 is 23.3 Å². The second kappa shape index (κ2) is 13.5. The van der Waals surface area contributed by atoms with Crippen molar-refractivity contribution in [3.8, 4) is 0 Å². The number of unbranched alkanes of at least 4 members (excludes halogenated alkanes) is 4. The summed E-state index contributed by atoms with van der Waals surface area (Å²) in [5.41, 5.74) is 1.81. The fourth-order valence-corrected chi connectivity index (χ4v) is 3.69. The number of carbonyl (C=O) groups excluding carboxylic acids is 3. The van der Waals surface area contributed by atoms with Gasteiger partial charge in [-0.2, -0.15) is 0 Å². The van der Waals surface area contributed by atoms with Gasteiger partial charge in [0.15, 0.2) is 0 Å². The summed E-state index contributed by atoms with van der Waals surface area (Å²) >= 11 is 0. The number of benzene rings is 1. The third-order valence-corrected chi connectivity index (χ3v) is 5.51. The monoisotopic (exact) mass is 489 g/mol. The molecule has 0 saturated heterocycles. The van der Waals surface area contributed by atoms with Crippen molar-refractivity contribution in [2.24, 2.45) is 0 Å². The quantitative estimate of drug-likeness (QED) is 0.397. The molecule has 0 aliphatic carbocycles. The molecule has 35 heavy (non-hydrogen) atoms. The standard InChI is InChI=1S/C28H47N3O4/c1-10-11-12-13-14-17-31(23(32)19-29-26(34)35-28(7,8)9)24(25(33)30-27(4,5)6)22-16-15-20(2)21(3)18-22/h15-16,18,24H,10-14,17,19H2,1-9H3,(H,29,34)(H,30,33). The zero-order valence-electron chi connectivity index (χ0n) is 23.3. The summed E-state index contributed by atoms with van der Waals surface area (Å²) in [5, 5.41) is 5.61. The molecule has 1 rings (SSSR count). The van der Waals surface area contributed by atoms with Crippen molar-refractivity contribution in [1.29, 1.82) is 0 Å². The Morgan fingerprint density at radius 3 is 2.11 bits per heavy atom. The van der Waals surface area contributed by atoms with Crippen molar-refractivity contribution in [3.05, 3.63) is 34.9 Å². The molecule has 0 aliphatic rings. The van der Waals surface area contributed by atoms with E-state index in [9.17, 15) is 14.4 Å². The Kier molecular flexibility index (Phi) is 11.7. The maximum atomic E-state index is 13.5. The lowest BCUT2D eigenvalue weighted by Crippen LogP contribution is -2.51. The zero-order valence-corrected chi connectivity index (χ0v) is 23.3. The van der Waals surface area contributed by atoms with Gasteiger partial charge >= 0.3 is 6.09 Å². The van der Waals surface area contributed by atoms with Crippen LogP contribution in [0.15, 0.2) is 18.2 Å². The minimum atomic E-state index is -0.798. The van der Waals surface area contributed by atoms with Crippen LogP contribution in [0.5, 0.6) is 0 Å². The van der Waals surface area contributed by atoms with E-state index in [0.717, 1.165) is 48.8 Å². The summed E-state index contributed by atoms with van der Waals surface area (Å²) in [6.45, 7) is 17.4. The van der Waals surface area contributed by atoms with Crippen LogP contribution in [0.2, 0.25) is 0 Å². The fourth-order valence-electron chi connectivity index (χ4n) is 3.69. The number of alkyl carbamates (subject to hydrolysis) is 1. The van der Waals surface area contributed by atoms with E-state index in [0.29, 0.717) is 6.54 Å². The molecule has 2 N–H and O–H groups in total. The molecule has 7 nitrogen and oxygen atoms in total. The van der Waals surface area contributed by atoms with Crippen LogP contribution >= 0.6 is 0 Å². The average Bonchev–Trinajstić information content (AvgIpc) is 2.70. The second-order valence-corrected chi connectivity index (χ2v) is 11.3. The highest BCUT2D eigenvalue weighted by Gasteiger charge is 2.33. The van der Waals surface area contributed by atoms with Crippen LogP contribution in [-0.2, 0) is 14.3 Å². The van der Waals surface area contributed by atoms with Crippen molar-refractivity contribution in [2.75, 3.05) is 13.1 Å². The van der Waals surface area contributed by atoms with E-state index in [1.807, 2.05) is 52.8 Å². The van der Waals surface area contributed by atoms with Crippen LogP contribution in [0.4, 0.5) is 4.79 Å². The molecule has 1 aromatic carbocycles. The molecule has 1 aromatic rings. The van der Waals surface area contributed by atoms with Crippen molar-refractivity contribution >= 4 is 17.9 Å². The van der Waals surface area contributed by atoms with E-state index in [-0.39, 0.29) is 18.4 Å². The van der Waals surface area contributed by atoms with Crippen molar-refractivity contribution in [2.45, 2.75) is 112 Å². The molecule has 0 bridgehead atoms. The lowest BCUT2D eigenvalue weighted by Gasteiger charge is -2.34. The number of nitrogens with one attached hydrogen (secondary N) is 2. The predicted molar refractivity (Wildman–Crippen MR) is 141 cm³/mol. The van der Waals surface area contributed by atoms with Gasteiger partial charge in [-0.05, 0) is 78.5 Å². The van der Waals surface area contributed by atoms with Gasteiger partial charge in [0.05, 0.1) is 0 Å². The predicted octanol–water partition coefficient (Wildman–Crippen LogP) is 5.58. The first-order valence-corrected chi connectivity index (χ1v) is 12.8. The number of hydrogen-bond acceptors (Lipinski definition) is 4. The molecule has 0 radical (unpaired) electrons. The highest BCUT2D eigenvalue weighted by Crippen LogP contribution is 2.25. The molecular weight excluding hydrogens is 442 g/mol. The summed E-state index contributed by atoms with van der Waals surface area (Å²) in [4.78, 5) is 40.8. The molecule has 0 heterocycles. The maximum absolute atomic E-state index is 13.5. The molecular formula is C28H47N3O4. The lowest BCUT2D eigenvalue weighted by atomic mass is 9.97. The van der Waals surface area contributed by atoms with E-state index in [4.69, 9.17) is 4.74 Å². The number of nitrogens with zero attached hydrogens (tertiary/aromatic N) is 1. The number of ether oxygens (including phenoxy) is 1. The largest absolute Gasteiger partial charge is 0.444 e. The molecule has 0 aromatic heterocycles. The number of aryl methyl sites for hydroxylation is 2. The Morgan fingerprint density at radius 2 is 1.57 bits per heavy atom. The summed E-state index contributed by atoms with van der Waals surface area (Å²) in [6.07, 6.45) is 4.44. The molecule has 0 aliphatic heterocycles. The van der Waals surface area contributed by atoms with Crippen molar-refractivity contribution in [3.63, 3.8) is 0 Å². The molecule has 0 fully saturated rings. The molecule has 1 atom stereocenters. The summed E-state index contributed by atoms with van der Waals surface area (Å²) in [6, 6.07) is 5.06. The highest BCUT2D eigenvalue weighted by atomic mass is 16.6. The number of rotatable bonds is 11. The van der Waals surface area contributed by atoms with Gasteiger partial charge in [-0.3, -0.25) is 9.59 Å². The third kappa shape index (κ3) is 11.6. The average molecular weight is 490 g/mol. The summed E-state index contributed by atoms with van der Waals surface area (Å²) in [7, 11) is 0. The van der Waals surface area contributed by atoms with Crippen molar-refractivity contribution < 1.29 is 19.1 Å². The molecule has 7 heteroatoms. The van der Waals surface area contributed by atoms with Gasteiger partial charge in [-0.1, -0.05) is 50.8 Å². The number of carbonyl (C=O) groups is 3. The third-order valence-electron chi connectivity index (χ3n) is 5.51. The van der Waals surface area contributed by atoms with Crippen LogP contribution in [0, 0.1) is 13.8 Å². The Bertz CT molecular complexity index is 853. The molecule has 1 unspecified atom stereocenters. The van der Waals surface area contributed by atoms with Crippen LogP contribution in [-0.4, -0.2) is 47.0 Å². The van der Waals surface area contributed by atoms with Gasteiger partial charge in [-0.25, -0.2) is 4.79 Å². The van der Waals surface area contributed by atoms with E-state index >= 15 is 0 Å². The smallest absolute Gasteiger partial charge is 0.408 e. The van der Waals surface area contributed by atoms with Crippen LogP contribution in [0.1, 0.15) is 103 Å². The van der Waals surface area contributed by atoms with Gasteiger partial charge in [0, 0.05) is 12.1 Å². The first-order chi connectivity index (χ1) is 16.1. The van der Waals surface area contributed by atoms with Crippen LogP contribution in [0.25, 0.3) is 0 Å². The minimum absolute atomic E-state index is 0.236.